The predicted octanol–water partition coefficient (Wildman–Crippen LogP) is 16.5. The summed E-state index contributed by atoms with van der Waals surface area (Å²) in [5.41, 5.74) is 13.0. The molecule has 272 valence electrons. The minimum atomic E-state index is 1.10. The van der Waals surface area contributed by atoms with E-state index in [4.69, 9.17) is 0 Å². The maximum atomic E-state index is 2.44. The average Bonchev–Trinajstić information content (AvgIpc) is 3.69. The summed E-state index contributed by atoms with van der Waals surface area (Å²) in [4.78, 5) is 2.44. The zero-order chi connectivity index (χ0) is 38.4. The van der Waals surface area contributed by atoms with Crippen LogP contribution < -0.4 is 4.90 Å². The van der Waals surface area contributed by atoms with E-state index in [1.54, 1.807) is 0 Å². The summed E-state index contributed by atoms with van der Waals surface area (Å²) in [5, 5.41) is 7.63. The summed E-state index contributed by atoms with van der Waals surface area (Å²) >= 11 is 1.86. The summed E-state index contributed by atoms with van der Waals surface area (Å²) in [6.45, 7) is 0. The molecule has 0 fully saturated rings. The lowest BCUT2D eigenvalue weighted by molar-refractivity contribution is 1.28. The van der Waals surface area contributed by atoms with Crippen LogP contribution in [0.15, 0.2) is 224 Å². The highest BCUT2D eigenvalue weighted by molar-refractivity contribution is 7.25. The molecule has 2 heteroatoms. The van der Waals surface area contributed by atoms with Crippen molar-refractivity contribution in [3.63, 3.8) is 0 Å². The zero-order valence-electron chi connectivity index (χ0n) is 31.7. The second-order valence-corrected chi connectivity index (χ2v) is 15.9. The molecule has 10 aromatic carbocycles. The average molecular weight is 756 g/mol. The van der Waals surface area contributed by atoms with E-state index >= 15 is 0 Å². The van der Waals surface area contributed by atoms with Crippen molar-refractivity contribution in [1.29, 1.82) is 0 Å². The molecule has 0 bridgehead atoms. The van der Waals surface area contributed by atoms with E-state index in [9.17, 15) is 0 Å². The van der Waals surface area contributed by atoms with Gasteiger partial charge in [-0.05, 0) is 103 Å². The summed E-state index contributed by atoms with van der Waals surface area (Å²) < 4.78 is 2.61. The SMILES string of the molecule is c1cc(-c2cccc3ccccc23)cc(N(c2ccc(-c3ccc(-c4cccc5ccccc45)cc3)cc2)c2ccccc2-c2cccc3sc4ccccc4c23)c1. The van der Waals surface area contributed by atoms with Gasteiger partial charge in [0.25, 0.3) is 0 Å². The molecule has 0 saturated carbocycles. The Balaban J connectivity index is 1.05. The van der Waals surface area contributed by atoms with Crippen molar-refractivity contribution < 1.29 is 0 Å². The minimum Gasteiger partial charge on any atom is -0.310 e. The van der Waals surface area contributed by atoms with Gasteiger partial charge in [-0.1, -0.05) is 182 Å². The molecule has 1 aromatic heterocycles. The molecule has 0 radical (unpaired) electrons. The van der Waals surface area contributed by atoms with Gasteiger partial charge in [0.2, 0.25) is 0 Å². The monoisotopic (exact) mass is 755 g/mol. The fourth-order valence-corrected chi connectivity index (χ4v) is 9.87. The Morgan fingerprint density at radius 2 is 0.793 bits per heavy atom. The van der Waals surface area contributed by atoms with Gasteiger partial charge in [-0.25, -0.2) is 0 Å². The molecule has 58 heavy (non-hydrogen) atoms. The summed E-state index contributed by atoms with van der Waals surface area (Å²) in [5.74, 6) is 0. The van der Waals surface area contributed by atoms with Crippen LogP contribution in [0.2, 0.25) is 0 Å². The quantitative estimate of drug-likeness (QED) is 0.157. The third kappa shape index (κ3) is 5.94. The van der Waals surface area contributed by atoms with Crippen LogP contribution in [0.25, 0.3) is 86.2 Å². The van der Waals surface area contributed by atoms with Gasteiger partial charge in [-0.2, -0.15) is 0 Å². The van der Waals surface area contributed by atoms with E-state index in [1.807, 2.05) is 11.3 Å². The molecule has 0 saturated heterocycles. The first-order valence-corrected chi connectivity index (χ1v) is 20.7. The highest BCUT2D eigenvalue weighted by Gasteiger charge is 2.20. The first-order valence-electron chi connectivity index (χ1n) is 19.8. The number of para-hydroxylation sites is 1. The highest BCUT2D eigenvalue weighted by Crippen LogP contribution is 2.47. The van der Waals surface area contributed by atoms with Gasteiger partial charge in [0.1, 0.15) is 0 Å². The Morgan fingerprint density at radius 1 is 0.293 bits per heavy atom. The number of benzene rings is 10. The molecular formula is C56H37NS. The van der Waals surface area contributed by atoms with Crippen molar-refractivity contribution in [2.24, 2.45) is 0 Å². The molecule has 0 amide bonds. The van der Waals surface area contributed by atoms with Crippen molar-refractivity contribution in [3.05, 3.63) is 224 Å². The molecule has 0 N–H and O–H groups in total. The van der Waals surface area contributed by atoms with Crippen molar-refractivity contribution in [1.82, 2.24) is 0 Å². The predicted molar refractivity (Wildman–Crippen MR) is 251 cm³/mol. The number of thiophene rings is 1. The normalized spacial score (nSPS) is 11.4. The van der Waals surface area contributed by atoms with Crippen molar-refractivity contribution in [2.75, 3.05) is 4.90 Å². The van der Waals surface area contributed by atoms with Crippen LogP contribution in [0.1, 0.15) is 0 Å². The van der Waals surface area contributed by atoms with E-state index < -0.39 is 0 Å². The molecule has 11 aromatic rings. The van der Waals surface area contributed by atoms with E-state index in [-0.39, 0.29) is 0 Å². The molecule has 0 atom stereocenters. The van der Waals surface area contributed by atoms with Crippen molar-refractivity contribution in [3.8, 4) is 44.5 Å². The Labute approximate surface area is 342 Å². The fourth-order valence-electron chi connectivity index (χ4n) is 8.73. The van der Waals surface area contributed by atoms with Gasteiger partial charge in [0.05, 0.1) is 5.69 Å². The molecule has 1 heterocycles. The molecular weight excluding hydrogens is 719 g/mol. The smallest absolute Gasteiger partial charge is 0.0540 e. The van der Waals surface area contributed by atoms with Gasteiger partial charge in [0.15, 0.2) is 0 Å². The zero-order valence-corrected chi connectivity index (χ0v) is 32.5. The van der Waals surface area contributed by atoms with Gasteiger partial charge in [0, 0.05) is 37.1 Å². The number of hydrogen-bond acceptors (Lipinski definition) is 2. The Morgan fingerprint density at radius 3 is 1.53 bits per heavy atom. The standard InChI is InChI=1S/C56H37NS/c1-3-19-46-40(13-1)15-10-23-48(46)42-31-29-38(30-32-42)39-33-35-44(36-34-39)57(45-18-9-17-43(37-45)49-24-11-16-41-14-2-4-20-47(41)49)53-26-7-5-21-50(53)51-25-12-28-55-56(51)52-22-6-8-27-54(52)58-55/h1-37H. The van der Waals surface area contributed by atoms with Crippen LogP contribution in [-0.2, 0) is 0 Å². The fraction of sp³-hybridized carbons (Fsp3) is 0. The number of hydrogen-bond donors (Lipinski definition) is 0. The van der Waals surface area contributed by atoms with E-state index in [1.165, 1.54) is 86.2 Å². The highest BCUT2D eigenvalue weighted by atomic mass is 32.1. The van der Waals surface area contributed by atoms with Crippen LogP contribution in [0, 0.1) is 0 Å². The van der Waals surface area contributed by atoms with E-state index in [0.717, 1.165) is 17.1 Å². The Bertz CT molecular complexity index is 3270. The minimum absolute atomic E-state index is 1.10. The topological polar surface area (TPSA) is 3.24 Å². The van der Waals surface area contributed by atoms with Crippen LogP contribution in [0.3, 0.4) is 0 Å². The van der Waals surface area contributed by atoms with Crippen LogP contribution in [0.4, 0.5) is 17.1 Å². The third-order valence-electron chi connectivity index (χ3n) is 11.5. The van der Waals surface area contributed by atoms with E-state index in [2.05, 4.69) is 229 Å². The molecule has 0 aliphatic heterocycles. The molecule has 11 rings (SSSR count). The molecule has 1 nitrogen and oxygen atoms in total. The first-order chi connectivity index (χ1) is 28.8. The summed E-state index contributed by atoms with van der Waals surface area (Å²) in [6.07, 6.45) is 0. The number of fused-ring (bicyclic) bond motifs is 5. The lowest BCUT2D eigenvalue weighted by atomic mass is 9.95. The number of nitrogens with zero attached hydrogens (tertiary/aromatic N) is 1. The van der Waals surface area contributed by atoms with Crippen LogP contribution >= 0.6 is 11.3 Å². The maximum absolute atomic E-state index is 2.44. The number of anilines is 3. The lowest BCUT2D eigenvalue weighted by Crippen LogP contribution is -2.11. The maximum Gasteiger partial charge on any atom is 0.0540 e. The molecule has 0 spiro atoms. The second-order valence-electron chi connectivity index (χ2n) is 14.9. The van der Waals surface area contributed by atoms with E-state index in [0.29, 0.717) is 0 Å². The Kier molecular flexibility index (Phi) is 8.42. The molecule has 0 aliphatic rings. The van der Waals surface area contributed by atoms with Crippen molar-refractivity contribution >= 4 is 70.1 Å². The summed E-state index contributed by atoms with van der Waals surface area (Å²) in [6, 6.07) is 81.9. The van der Waals surface area contributed by atoms with Gasteiger partial charge >= 0.3 is 0 Å². The van der Waals surface area contributed by atoms with Crippen molar-refractivity contribution in [2.45, 2.75) is 0 Å². The van der Waals surface area contributed by atoms with Gasteiger partial charge in [-0.15, -0.1) is 11.3 Å². The first kappa shape index (κ1) is 34.0. The van der Waals surface area contributed by atoms with Crippen LogP contribution in [0.5, 0.6) is 0 Å². The Hall–Kier alpha value is -7.26. The second kappa shape index (κ2) is 14.4. The largest absolute Gasteiger partial charge is 0.310 e. The van der Waals surface area contributed by atoms with Gasteiger partial charge in [-0.3, -0.25) is 0 Å². The third-order valence-corrected chi connectivity index (χ3v) is 12.6. The molecule has 0 unspecified atom stereocenters. The van der Waals surface area contributed by atoms with Crippen LogP contribution in [-0.4, -0.2) is 0 Å². The lowest BCUT2D eigenvalue weighted by Gasteiger charge is -2.29. The summed E-state index contributed by atoms with van der Waals surface area (Å²) in [7, 11) is 0. The number of rotatable bonds is 7. The molecule has 0 aliphatic carbocycles. The van der Waals surface area contributed by atoms with Gasteiger partial charge < -0.3 is 4.90 Å².